The summed E-state index contributed by atoms with van der Waals surface area (Å²) in [5.41, 5.74) is 0. The van der Waals surface area contributed by atoms with E-state index in [0.29, 0.717) is 0 Å². The first kappa shape index (κ1) is 24.9. The monoisotopic (exact) mass is 370 g/mol. The smallest absolute Gasteiger partial charge is 0.306 e. The molecule has 0 saturated heterocycles. The van der Waals surface area contributed by atoms with E-state index >= 15 is 0 Å². The average Bonchev–Trinajstić information content (AvgIpc) is 2.60. The van der Waals surface area contributed by atoms with Gasteiger partial charge in [-0.25, -0.2) is 0 Å². The molecule has 0 radical (unpaired) electrons. The summed E-state index contributed by atoms with van der Waals surface area (Å²) >= 11 is 0. The van der Waals surface area contributed by atoms with Gasteiger partial charge in [0.1, 0.15) is 0 Å². The third-order valence-electron chi connectivity index (χ3n) is 5.20. The molecule has 26 heavy (non-hydrogen) atoms. The largest absolute Gasteiger partial charge is 0.481 e. The third-order valence-corrected chi connectivity index (χ3v) is 5.20. The molecule has 0 aliphatic rings. The van der Waals surface area contributed by atoms with Gasteiger partial charge in [0.25, 0.3) is 0 Å². The molecule has 0 saturated carbocycles. The molecule has 0 amide bonds. The van der Waals surface area contributed by atoms with Crippen LogP contribution in [0.2, 0.25) is 0 Å². The molecule has 154 valence electrons. The topological polar surface area (TPSA) is 74.6 Å². The van der Waals surface area contributed by atoms with Crippen molar-refractivity contribution < 1.29 is 19.8 Å². The van der Waals surface area contributed by atoms with E-state index in [-0.39, 0.29) is 12.3 Å². The van der Waals surface area contributed by atoms with Crippen LogP contribution in [0.25, 0.3) is 0 Å². The van der Waals surface area contributed by atoms with Crippen molar-refractivity contribution in [1.82, 2.24) is 0 Å². The molecule has 1 atom stereocenters. The molecule has 4 heteroatoms. The highest BCUT2D eigenvalue weighted by molar-refractivity contribution is 5.69. The van der Waals surface area contributed by atoms with Crippen LogP contribution in [-0.2, 0) is 9.59 Å². The van der Waals surface area contributed by atoms with E-state index in [2.05, 4.69) is 6.92 Å². The zero-order valence-corrected chi connectivity index (χ0v) is 17.0. The van der Waals surface area contributed by atoms with Crippen LogP contribution in [-0.4, -0.2) is 22.2 Å². The van der Waals surface area contributed by atoms with Gasteiger partial charge in [-0.2, -0.15) is 0 Å². The van der Waals surface area contributed by atoms with Gasteiger partial charge in [0.15, 0.2) is 0 Å². The highest BCUT2D eigenvalue weighted by Crippen LogP contribution is 2.19. The summed E-state index contributed by atoms with van der Waals surface area (Å²) in [6.45, 7) is 2.24. The second-order valence-electron chi connectivity index (χ2n) is 7.71. The van der Waals surface area contributed by atoms with Crippen molar-refractivity contribution in [2.24, 2.45) is 5.92 Å². The number of carboxylic acid groups (broad SMARTS) is 2. The van der Waals surface area contributed by atoms with Gasteiger partial charge in [0, 0.05) is 6.42 Å². The van der Waals surface area contributed by atoms with E-state index in [1.54, 1.807) is 0 Å². The minimum Gasteiger partial charge on any atom is -0.481 e. The first-order valence-corrected chi connectivity index (χ1v) is 11.0. The first-order valence-electron chi connectivity index (χ1n) is 11.0. The van der Waals surface area contributed by atoms with E-state index in [1.807, 2.05) is 0 Å². The Morgan fingerprint density at radius 2 is 1.00 bits per heavy atom. The lowest BCUT2D eigenvalue weighted by Crippen LogP contribution is -2.13. The number of carbonyl (C=O) groups is 2. The number of hydrogen-bond donors (Lipinski definition) is 2. The van der Waals surface area contributed by atoms with E-state index in [9.17, 15) is 14.7 Å². The Hall–Kier alpha value is -1.06. The Bertz CT molecular complexity index is 341. The zero-order chi connectivity index (χ0) is 19.5. The molecule has 0 aliphatic carbocycles. The maximum absolute atomic E-state index is 11.4. The summed E-state index contributed by atoms with van der Waals surface area (Å²) in [5, 5.41) is 17.9. The van der Waals surface area contributed by atoms with Crippen LogP contribution in [0.5, 0.6) is 0 Å². The molecule has 0 aromatic rings. The fourth-order valence-electron chi connectivity index (χ4n) is 3.47. The van der Waals surface area contributed by atoms with Gasteiger partial charge in [-0.05, 0) is 19.3 Å². The molecule has 1 unspecified atom stereocenters. The average molecular weight is 371 g/mol. The lowest BCUT2D eigenvalue weighted by molar-refractivity contribution is -0.142. The molecule has 0 aliphatic heterocycles. The summed E-state index contributed by atoms with van der Waals surface area (Å²) in [7, 11) is 0. The Morgan fingerprint density at radius 1 is 0.615 bits per heavy atom. The lowest BCUT2D eigenvalue weighted by Gasteiger charge is -2.12. The molecule has 0 heterocycles. The van der Waals surface area contributed by atoms with Gasteiger partial charge in [-0.3, -0.25) is 9.59 Å². The van der Waals surface area contributed by atoms with Crippen LogP contribution in [0.4, 0.5) is 0 Å². The van der Waals surface area contributed by atoms with Crippen molar-refractivity contribution in [2.75, 3.05) is 0 Å². The molecule has 4 nitrogen and oxygen atoms in total. The standard InChI is InChI=1S/C22H42O4/c1-2-3-4-5-6-7-8-9-11-14-17-20(22(25)26)18-15-12-10-13-16-19-21(23)24/h20H,2-19H2,1H3,(H,23,24)(H,25,26). The van der Waals surface area contributed by atoms with Gasteiger partial charge in [-0.15, -0.1) is 0 Å². The van der Waals surface area contributed by atoms with Crippen LogP contribution in [0.3, 0.4) is 0 Å². The number of aliphatic carboxylic acids is 2. The lowest BCUT2D eigenvalue weighted by atomic mass is 9.94. The highest BCUT2D eigenvalue weighted by Gasteiger charge is 2.16. The molecular weight excluding hydrogens is 328 g/mol. The van der Waals surface area contributed by atoms with Gasteiger partial charge in [0.05, 0.1) is 5.92 Å². The van der Waals surface area contributed by atoms with Crippen molar-refractivity contribution in [3.8, 4) is 0 Å². The van der Waals surface area contributed by atoms with Gasteiger partial charge in [0.2, 0.25) is 0 Å². The fourth-order valence-corrected chi connectivity index (χ4v) is 3.47. The minimum absolute atomic E-state index is 0.192. The van der Waals surface area contributed by atoms with Crippen molar-refractivity contribution in [2.45, 2.75) is 122 Å². The quantitative estimate of drug-likeness (QED) is 0.231. The fraction of sp³-hybridized carbons (Fsp3) is 0.909. The molecule has 0 fully saturated rings. The summed E-state index contributed by atoms with van der Waals surface area (Å²) in [6.07, 6.45) is 19.3. The minimum atomic E-state index is -0.729. The molecule has 2 N–H and O–H groups in total. The van der Waals surface area contributed by atoms with Crippen LogP contribution in [0, 0.1) is 5.92 Å². The van der Waals surface area contributed by atoms with Crippen molar-refractivity contribution >= 4 is 11.9 Å². The van der Waals surface area contributed by atoms with E-state index < -0.39 is 11.9 Å². The van der Waals surface area contributed by atoms with Crippen LogP contribution < -0.4 is 0 Å². The molecule has 0 spiro atoms. The Labute approximate surface area is 160 Å². The Morgan fingerprint density at radius 3 is 1.38 bits per heavy atom. The molecule has 0 rings (SSSR count). The molecule has 0 bridgehead atoms. The van der Waals surface area contributed by atoms with Crippen LogP contribution >= 0.6 is 0 Å². The van der Waals surface area contributed by atoms with E-state index in [4.69, 9.17) is 5.11 Å². The molecule has 0 aromatic carbocycles. The predicted molar refractivity (Wildman–Crippen MR) is 108 cm³/mol. The summed E-state index contributed by atoms with van der Waals surface area (Å²) in [5.74, 6) is -1.57. The summed E-state index contributed by atoms with van der Waals surface area (Å²) in [4.78, 5) is 21.8. The van der Waals surface area contributed by atoms with Crippen molar-refractivity contribution in [3.63, 3.8) is 0 Å². The third kappa shape index (κ3) is 17.8. The maximum atomic E-state index is 11.4. The van der Waals surface area contributed by atoms with Crippen LogP contribution in [0.1, 0.15) is 122 Å². The van der Waals surface area contributed by atoms with Crippen molar-refractivity contribution in [3.05, 3.63) is 0 Å². The molecular formula is C22H42O4. The maximum Gasteiger partial charge on any atom is 0.306 e. The van der Waals surface area contributed by atoms with Crippen molar-refractivity contribution in [1.29, 1.82) is 0 Å². The SMILES string of the molecule is CCCCCCCCCCCCC(CCCCCCCC(=O)O)C(=O)O. The van der Waals surface area contributed by atoms with E-state index in [1.165, 1.54) is 51.4 Å². The highest BCUT2D eigenvalue weighted by atomic mass is 16.4. The Kier molecular flexibility index (Phi) is 18.0. The molecule has 0 aromatic heterocycles. The second kappa shape index (κ2) is 18.7. The number of carboxylic acids is 2. The summed E-state index contributed by atoms with van der Waals surface area (Å²) < 4.78 is 0. The first-order chi connectivity index (χ1) is 12.6. The van der Waals surface area contributed by atoms with Gasteiger partial charge in [-0.1, -0.05) is 96.8 Å². The van der Waals surface area contributed by atoms with E-state index in [0.717, 1.165) is 57.8 Å². The number of rotatable bonds is 20. The Balaban J connectivity index is 3.50. The number of hydrogen-bond acceptors (Lipinski definition) is 2. The zero-order valence-electron chi connectivity index (χ0n) is 17.0. The van der Waals surface area contributed by atoms with Gasteiger partial charge < -0.3 is 10.2 Å². The normalized spacial score (nSPS) is 12.2. The second-order valence-corrected chi connectivity index (χ2v) is 7.71. The van der Waals surface area contributed by atoms with Gasteiger partial charge >= 0.3 is 11.9 Å². The summed E-state index contributed by atoms with van der Waals surface area (Å²) in [6, 6.07) is 0. The predicted octanol–water partition coefficient (Wildman–Crippen LogP) is 6.81. The van der Waals surface area contributed by atoms with Crippen LogP contribution in [0.15, 0.2) is 0 Å². The number of unbranched alkanes of at least 4 members (excludes halogenated alkanes) is 13.